The Balaban J connectivity index is 0.842. The zero-order valence-electron chi connectivity index (χ0n) is 59.9. The van der Waals surface area contributed by atoms with Gasteiger partial charge in [-0.05, 0) is 31.2 Å². The minimum absolute atomic E-state index is 0.0189. The molecule has 2 fully saturated rings. The lowest BCUT2D eigenvalue weighted by atomic mass is 10.1. The highest BCUT2D eigenvalue weighted by Crippen LogP contribution is 2.50. The molecule has 7 unspecified atom stereocenters. The summed E-state index contributed by atoms with van der Waals surface area (Å²) in [5.41, 5.74) is 14.2. The average molecular weight is 1720 g/mol. The summed E-state index contributed by atoms with van der Waals surface area (Å²) in [5.74, 6) is -0.406. The number of nitro groups is 1. The van der Waals surface area contributed by atoms with Gasteiger partial charge in [0.05, 0.1) is 162 Å². The largest absolute Gasteiger partial charge is 0.698 e. The number of phosphoric acid groups is 2. The molecule has 0 amide bonds. The summed E-state index contributed by atoms with van der Waals surface area (Å²) in [6.07, 6.45) is -13.8. The number of nitrogen functional groups attached to an aromatic ring is 2. The Bertz CT molecular complexity index is 3420. The van der Waals surface area contributed by atoms with Crippen molar-refractivity contribution in [3.8, 4) is 0 Å². The van der Waals surface area contributed by atoms with Crippen molar-refractivity contribution in [2.24, 2.45) is 5.73 Å². The van der Waals surface area contributed by atoms with Crippen LogP contribution in [0.5, 0.6) is 0 Å². The van der Waals surface area contributed by atoms with Gasteiger partial charge in [-0.2, -0.15) is 9.97 Å². The molecule has 2 aliphatic rings. The van der Waals surface area contributed by atoms with E-state index in [1.165, 1.54) is 30.3 Å². The highest BCUT2D eigenvalue weighted by atomic mass is 31.2. The molecule has 2 saturated heterocycles. The molecule has 0 aliphatic carbocycles. The fraction of sp³-hybridized carbons (Fsp3) is 0.754. The first-order valence-electron chi connectivity index (χ1n) is 34.0. The first-order chi connectivity index (χ1) is 53.4. The monoisotopic (exact) mass is 1720 g/mol. The number of nitro benzene ring substituents is 1. The lowest BCUT2D eigenvalue weighted by Crippen LogP contribution is -2.38. The van der Waals surface area contributed by atoms with Gasteiger partial charge in [-0.15, -0.1) is 36.2 Å². The molecule has 0 bridgehead atoms. The van der Waals surface area contributed by atoms with E-state index < -0.39 is 139 Å². The number of phosphoric ester groups is 2. The summed E-state index contributed by atoms with van der Waals surface area (Å²) in [5, 5.41) is 44.0. The van der Waals surface area contributed by atoms with Crippen LogP contribution in [0.2, 0.25) is 0 Å². The second-order valence-corrected chi connectivity index (χ2v) is 28.8. The third kappa shape index (κ3) is 40.8. The summed E-state index contributed by atoms with van der Waals surface area (Å²) < 4.78 is 204. The number of aliphatic hydroxyl groups excluding tert-OH is 3. The lowest BCUT2D eigenvalue weighted by molar-refractivity contribution is -0.386. The molecular formula is C57H96N8O40P6+4. The number of hydrogen-bond donors (Lipinski definition) is 9. The molecule has 630 valence electrons. The Morgan fingerprint density at radius 3 is 1.36 bits per heavy atom. The lowest BCUT2D eigenvalue weighted by Gasteiger charge is -2.24. The van der Waals surface area contributed by atoms with E-state index in [2.05, 4.69) is 14.5 Å². The van der Waals surface area contributed by atoms with Gasteiger partial charge >= 0.3 is 60.0 Å². The highest BCUT2D eigenvalue weighted by molar-refractivity contribution is 7.47. The maximum atomic E-state index is 13.4. The maximum Gasteiger partial charge on any atom is 0.698 e. The van der Waals surface area contributed by atoms with Crippen molar-refractivity contribution in [1.29, 1.82) is 0 Å². The van der Waals surface area contributed by atoms with Crippen LogP contribution in [0.3, 0.4) is 0 Å². The van der Waals surface area contributed by atoms with E-state index in [1.807, 2.05) is 0 Å². The van der Waals surface area contributed by atoms with Crippen LogP contribution in [-0.2, 0) is 139 Å². The minimum atomic E-state index is -5.45. The first kappa shape index (κ1) is 97.2. The Labute approximate surface area is 638 Å². The zero-order valence-corrected chi connectivity index (χ0v) is 65.3. The summed E-state index contributed by atoms with van der Waals surface area (Å²) in [4.78, 5) is 73.0. The molecule has 0 saturated carbocycles. The third-order valence-electron chi connectivity index (χ3n) is 14.3. The predicted octanol–water partition coefficient (Wildman–Crippen LogP) is 0.856. The van der Waals surface area contributed by atoms with Crippen molar-refractivity contribution in [1.82, 2.24) is 19.1 Å². The van der Waals surface area contributed by atoms with Gasteiger partial charge in [0.25, 0.3) is 5.69 Å². The molecule has 54 heteroatoms. The number of aromatic nitrogens is 4. The van der Waals surface area contributed by atoms with E-state index in [1.54, 1.807) is 0 Å². The van der Waals surface area contributed by atoms with Crippen molar-refractivity contribution in [3.63, 3.8) is 0 Å². The van der Waals surface area contributed by atoms with Crippen LogP contribution >= 0.6 is 48.7 Å². The van der Waals surface area contributed by atoms with Gasteiger partial charge in [-0.25, -0.2) is 18.7 Å². The van der Waals surface area contributed by atoms with E-state index in [0.29, 0.717) is 50.6 Å². The Morgan fingerprint density at radius 1 is 0.523 bits per heavy atom. The van der Waals surface area contributed by atoms with E-state index in [9.17, 15) is 77.1 Å². The smallest absolute Gasteiger partial charge is 0.388 e. The normalized spacial score (nSPS) is 20.3. The van der Waals surface area contributed by atoms with Crippen molar-refractivity contribution >= 4 is 66.0 Å². The fourth-order valence-corrected chi connectivity index (χ4v) is 13.1. The Hall–Kier alpha value is -4.40. The Kier molecular flexibility index (Phi) is 49.1. The van der Waals surface area contributed by atoms with Crippen LogP contribution in [0, 0.1) is 10.1 Å². The van der Waals surface area contributed by atoms with Gasteiger partial charge in [0.2, 0.25) is 0 Å². The van der Waals surface area contributed by atoms with Gasteiger partial charge in [-0.1, -0.05) is 12.1 Å². The van der Waals surface area contributed by atoms with Crippen molar-refractivity contribution in [2.75, 3.05) is 216 Å². The van der Waals surface area contributed by atoms with Crippen molar-refractivity contribution < 1.29 is 174 Å². The minimum Gasteiger partial charge on any atom is -0.388 e. The number of nitrogens with two attached hydrogens (primary N) is 3. The van der Waals surface area contributed by atoms with E-state index >= 15 is 0 Å². The molecule has 2 aliphatic heterocycles. The van der Waals surface area contributed by atoms with E-state index in [-0.39, 0.29) is 181 Å². The second-order valence-electron chi connectivity index (χ2n) is 22.4. The number of benzene rings is 1. The van der Waals surface area contributed by atoms with Crippen LogP contribution in [-0.4, -0.2) is 302 Å². The molecule has 0 spiro atoms. The van der Waals surface area contributed by atoms with Gasteiger partial charge < -0.3 is 109 Å². The number of rotatable bonds is 68. The maximum absolute atomic E-state index is 13.4. The number of nitrogens with zero attached hydrogens (tertiary/aromatic N) is 5. The van der Waals surface area contributed by atoms with Crippen molar-refractivity contribution in [2.45, 2.75) is 74.1 Å². The van der Waals surface area contributed by atoms with Gasteiger partial charge in [0, 0.05) is 49.7 Å². The SMILES string of the molecule is NCCCOCC(O)CO[P+](=O)OCCOCCOCCOCCOCCOCCO[P+](=O)OC(CCO[P+](=O)OCCOCCOCCOCCOCCOCCO[P+](=O)O[C@H]1[C@@H](O)[C@H](n2ccc(N)nc2=O)O[C@@H]1COP(=O)(O)O[C@H]1[C@@H](O)[C@H](n2ccc(N)nc2=O)O[C@@H]1COP(=O)(O)O)c1ccccc1[N+](=O)[O-]. The third-order valence-corrected chi connectivity index (χ3v) is 18.9. The molecular weight excluding hydrogens is 1620 g/mol. The van der Waals surface area contributed by atoms with Crippen LogP contribution in [0.25, 0.3) is 0 Å². The molecule has 4 heterocycles. The number of ether oxygens (including phenoxy) is 13. The number of hydrogen-bond acceptors (Lipinski definition) is 42. The van der Waals surface area contributed by atoms with Crippen LogP contribution < -0.4 is 28.6 Å². The van der Waals surface area contributed by atoms with E-state index in [4.69, 9.17) is 124 Å². The summed E-state index contributed by atoms with van der Waals surface area (Å²) in [6.45, 7) is 1.41. The molecule has 2 aromatic heterocycles. The first-order valence-corrected chi connectivity index (χ1v) is 41.5. The molecule has 0 radical (unpaired) electrons. The molecule has 12 N–H and O–H groups in total. The highest BCUT2D eigenvalue weighted by Gasteiger charge is 2.54. The predicted molar refractivity (Wildman–Crippen MR) is 376 cm³/mol. The van der Waals surface area contributed by atoms with E-state index in [0.717, 1.165) is 23.0 Å². The molecule has 1 aromatic carbocycles. The van der Waals surface area contributed by atoms with Crippen LogP contribution in [0.4, 0.5) is 17.3 Å². The Morgan fingerprint density at radius 2 is 0.919 bits per heavy atom. The summed E-state index contributed by atoms with van der Waals surface area (Å²) in [7, 11) is -21.7. The molecule has 111 heavy (non-hydrogen) atoms. The standard InChI is InChI=1S/C57H92N8O40P6/c58-9-3-12-92-38-42(66)39-98-107(74)95-35-31-89-27-23-85-19-15-83-16-20-86-24-28-90-32-36-96-108(75)103-45(43-4-1-2-5-44(43)65(71)72)8-13-93-106(73)94-34-30-88-26-22-84-18-14-82-17-21-87-25-29-91-33-37-97-109(76)104-52-46(101-54(50(52)67)63-10-6-48(59)61-56(63)69)41-100-111(80,81)105-53-47(40-99-110(77,78)79)102-55(51(53)68)64-11-7-49(60)62-57(64)70/h1-2,4-7,10-11,42,45-47,50-55,66-68H,3,8-9,12-41,58H2,(H3-4,59,60,61,62,69,70,77,78,79,80,81)/p+4/t42?,45?,46-,47-,50-,51-,52-,53-,54-,55-/m1/s1. The van der Waals surface area contributed by atoms with Gasteiger partial charge in [0.15, 0.2) is 24.7 Å². The number of aliphatic hydroxyl groups is 3. The topological polar surface area (TPSA) is 636 Å². The van der Waals surface area contributed by atoms with Crippen LogP contribution in [0.15, 0.2) is 58.4 Å². The molecule has 3 aromatic rings. The summed E-state index contributed by atoms with van der Waals surface area (Å²) in [6, 6.07) is 7.99. The molecule has 48 nitrogen and oxygen atoms in total. The quantitative estimate of drug-likeness (QED) is 0.0164. The van der Waals surface area contributed by atoms with Crippen molar-refractivity contribution in [3.05, 3.63) is 85.4 Å². The molecule has 5 rings (SSSR count). The second kappa shape index (κ2) is 56.0. The van der Waals surface area contributed by atoms with Crippen LogP contribution in [0.1, 0.15) is 37.0 Å². The molecule has 15 atom stereocenters. The number of anilines is 2. The number of para-hydroxylation sites is 1. The van der Waals surface area contributed by atoms with Gasteiger partial charge in [0.1, 0.15) is 87.9 Å². The average Bonchev–Trinajstić information content (AvgIpc) is 1.65. The zero-order chi connectivity index (χ0) is 80.7. The van der Waals surface area contributed by atoms with Gasteiger partial charge in [-0.3, -0.25) is 32.8 Å². The fourth-order valence-electron chi connectivity index (χ4n) is 9.20. The summed E-state index contributed by atoms with van der Waals surface area (Å²) >= 11 is 0.